The van der Waals surface area contributed by atoms with E-state index in [1.165, 1.54) is 11.1 Å². The number of carbonyl (C=O) groups is 1. The number of benzene rings is 1. The van der Waals surface area contributed by atoms with Crippen molar-refractivity contribution in [3.05, 3.63) is 47.5 Å². The third-order valence-corrected chi connectivity index (χ3v) is 12.3. The van der Waals surface area contributed by atoms with Crippen LogP contribution >= 0.6 is 0 Å². The van der Waals surface area contributed by atoms with Crippen LogP contribution in [0.3, 0.4) is 0 Å². The van der Waals surface area contributed by atoms with E-state index >= 15 is 0 Å². The summed E-state index contributed by atoms with van der Waals surface area (Å²) in [5.74, 6) is -0.723. The number of carbonyl (C=O) groups excluding carboxylic acids is 1. The minimum absolute atomic E-state index is 0.0367. The van der Waals surface area contributed by atoms with Crippen molar-refractivity contribution >= 4 is 14.6 Å². The lowest BCUT2D eigenvalue weighted by Gasteiger charge is -2.48. The van der Waals surface area contributed by atoms with Gasteiger partial charge in [-0.2, -0.15) is 0 Å². The molecule has 0 unspecified atom stereocenters. The van der Waals surface area contributed by atoms with Crippen LogP contribution in [0.1, 0.15) is 67.4 Å². The fourth-order valence-corrected chi connectivity index (χ4v) is 6.04. The van der Waals surface area contributed by atoms with E-state index in [0.717, 1.165) is 12.7 Å². The van der Waals surface area contributed by atoms with Crippen molar-refractivity contribution in [2.45, 2.75) is 105 Å². The van der Waals surface area contributed by atoms with Crippen LogP contribution in [-0.2, 0) is 30.0 Å². The summed E-state index contributed by atoms with van der Waals surface area (Å²) < 4.78 is 25.1. The van der Waals surface area contributed by atoms with E-state index in [4.69, 9.17) is 18.6 Å². The van der Waals surface area contributed by atoms with Crippen molar-refractivity contribution in [3.8, 4) is 0 Å². The molecule has 1 aromatic rings. The van der Waals surface area contributed by atoms with Crippen molar-refractivity contribution < 1.29 is 23.4 Å². The fourth-order valence-electron chi connectivity index (χ4n) is 4.56. The fraction of sp³-hybridized carbons (Fsp3) is 0.700. The molecular formula is C30H50O5Si. The number of rotatable bonds is 12. The van der Waals surface area contributed by atoms with Gasteiger partial charge in [-0.05, 0) is 56.8 Å². The van der Waals surface area contributed by atoms with E-state index in [0.29, 0.717) is 19.8 Å². The van der Waals surface area contributed by atoms with Gasteiger partial charge in [0.15, 0.2) is 14.1 Å². The summed E-state index contributed by atoms with van der Waals surface area (Å²) in [6.45, 7) is 23.4. The molecule has 0 N–H and O–H groups in total. The quantitative estimate of drug-likeness (QED) is 0.127. The second kappa shape index (κ2) is 13.0. The molecule has 5 atom stereocenters. The molecular weight excluding hydrogens is 468 g/mol. The van der Waals surface area contributed by atoms with Gasteiger partial charge in [0.1, 0.15) is 6.29 Å². The first-order chi connectivity index (χ1) is 16.7. The minimum Gasteiger partial charge on any atom is -0.413 e. The molecule has 2 rings (SSSR count). The van der Waals surface area contributed by atoms with Crippen LogP contribution in [0.15, 0.2) is 42.0 Å². The van der Waals surface area contributed by atoms with Crippen molar-refractivity contribution in [3.63, 3.8) is 0 Å². The summed E-state index contributed by atoms with van der Waals surface area (Å²) in [7, 11) is -2.06. The molecule has 0 bridgehead atoms. The summed E-state index contributed by atoms with van der Waals surface area (Å²) in [4.78, 5) is 11.9. The monoisotopic (exact) mass is 518 g/mol. The van der Waals surface area contributed by atoms with Gasteiger partial charge in [-0.1, -0.05) is 76.6 Å². The van der Waals surface area contributed by atoms with Gasteiger partial charge < -0.3 is 23.4 Å². The molecule has 1 aromatic carbocycles. The summed E-state index contributed by atoms with van der Waals surface area (Å²) in [6.07, 6.45) is 3.77. The molecule has 204 valence electrons. The van der Waals surface area contributed by atoms with Crippen LogP contribution in [0.4, 0.5) is 0 Å². The Morgan fingerprint density at radius 1 is 1.19 bits per heavy atom. The summed E-state index contributed by atoms with van der Waals surface area (Å²) >= 11 is 0. The highest BCUT2D eigenvalue weighted by Crippen LogP contribution is 2.42. The molecule has 1 fully saturated rings. The molecule has 0 amide bonds. The van der Waals surface area contributed by atoms with E-state index in [1.807, 2.05) is 32.0 Å². The third kappa shape index (κ3) is 8.91. The van der Waals surface area contributed by atoms with Gasteiger partial charge in [0.2, 0.25) is 0 Å². The van der Waals surface area contributed by atoms with E-state index in [9.17, 15) is 4.79 Å². The first kappa shape index (κ1) is 30.9. The molecule has 1 heterocycles. The lowest BCUT2D eigenvalue weighted by Crippen LogP contribution is -2.55. The zero-order chi connectivity index (χ0) is 27.1. The second-order valence-corrected chi connectivity index (χ2v) is 17.3. The van der Waals surface area contributed by atoms with Gasteiger partial charge in [-0.15, -0.1) is 0 Å². The summed E-state index contributed by atoms with van der Waals surface area (Å²) in [5, 5.41) is 0.0840. The number of allylic oxidation sites excluding steroid dienone is 1. The lowest BCUT2D eigenvalue weighted by molar-refractivity contribution is -0.300. The predicted molar refractivity (Wildman–Crippen MR) is 149 cm³/mol. The zero-order valence-electron chi connectivity index (χ0n) is 24.3. The Morgan fingerprint density at radius 3 is 2.42 bits per heavy atom. The van der Waals surface area contributed by atoms with Crippen molar-refractivity contribution in [1.29, 1.82) is 0 Å². The maximum atomic E-state index is 11.9. The zero-order valence-corrected chi connectivity index (χ0v) is 25.3. The van der Waals surface area contributed by atoms with Gasteiger partial charge in [0.25, 0.3) is 0 Å². The molecule has 1 aliphatic heterocycles. The molecule has 36 heavy (non-hydrogen) atoms. The SMILES string of the molecule is C/C(=C\COCc1ccccc1)C[C@H](C)[C@@H](O[Si](C)(C)C(C)(C)C)[C@H](C)[C@H]1OC(C)(C)OC[C@@H]1C=O. The largest absolute Gasteiger partial charge is 0.413 e. The number of aldehydes is 1. The van der Waals surface area contributed by atoms with Gasteiger partial charge in [0.05, 0.1) is 37.9 Å². The van der Waals surface area contributed by atoms with E-state index in [1.54, 1.807) is 0 Å². The average molecular weight is 519 g/mol. The van der Waals surface area contributed by atoms with Crippen LogP contribution < -0.4 is 0 Å². The second-order valence-electron chi connectivity index (χ2n) is 12.5. The molecule has 0 aromatic heterocycles. The van der Waals surface area contributed by atoms with E-state index < -0.39 is 14.1 Å². The Morgan fingerprint density at radius 2 is 1.83 bits per heavy atom. The Labute approximate surface area is 221 Å². The van der Waals surface area contributed by atoms with Crippen LogP contribution in [-0.4, -0.2) is 45.8 Å². The predicted octanol–water partition coefficient (Wildman–Crippen LogP) is 7.17. The molecule has 0 radical (unpaired) electrons. The molecule has 1 saturated heterocycles. The van der Waals surface area contributed by atoms with E-state index in [2.05, 4.69) is 72.8 Å². The van der Waals surface area contributed by atoms with Gasteiger partial charge in [-0.3, -0.25) is 0 Å². The molecule has 0 aliphatic carbocycles. The Bertz CT molecular complexity index is 843. The first-order valence-electron chi connectivity index (χ1n) is 13.4. The smallest absolute Gasteiger partial charge is 0.192 e. The Balaban J connectivity index is 2.16. The maximum absolute atomic E-state index is 11.9. The van der Waals surface area contributed by atoms with Gasteiger partial charge in [-0.25, -0.2) is 0 Å². The number of hydrogen-bond acceptors (Lipinski definition) is 5. The standard InChI is InChI=1S/C30H50O5Si/c1-22(16-17-32-20-25-14-12-11-13-15-25)18-23(2)27(35-36(9,10)29(4,5)6)24(3)28-26(19-31)21-33-30(7,8)34-28/h11-16,19,23-24,26-28H,17-18,20-21H2,1-10H3/b22-16+/t23-,24-,26-,27+,28+/m0/s1. The molecule has 1 aliphatic rings. The molecule has 5 nitrogen and oxygen atoms in total. The van der Waals surface area contributed by atoms with Gasteiger partial charge in [0, 0.05) is 5.92 Å². The van der Waals surface area contributed by atoms with Crippen molar-refractivity contribution in [2.75, 3.05) is 13.2 Å². The Kier molecular flexibility index (Phi) is 11.1. The molecule has 0 spiro atoms. The Hall–Kier alpha value is -1.31. The highest BCUT2D eigenvalue weighted by atomic mass is 28.4. The first-order valence-corrected chi connectivity index (χ1v) is 16.3. The van der Waals surface area contributed by atoms with E-state index in [-0.39, 0.29) is 35.0 Å². The van der Waals surface area contributed by atoms with Crippen molar-refractivity contribution in [1.82, 2.24) is 0 Å². The molecule has 6 heteroatoms. The number of ether oxygens (including phenoxy) is 3. The van der Waals surface area contributed by atoms with Gasteiger partial charge >= 0.3 is 0 Å². The van der Waals surface area contributed by atoms with Crippen LogP contribution in [0, 0.1) is 17.8 Å². The third-order valence-electron chi connectivity index (χ3n) is 7.78. The normalized spacial score (nSPS) is 23.7. The topological polar surface area (TPSA) is 54.0 Å². The van der Waals surface area contributed by atoms with Crippen LogP contribution in [0.5, 0.6) is 0 Å². The number of hydrogen-bond donors (Lipinski definition) is 0. The maximum Gasteiger partial charge on any atom is 0.192 e. The molecule has 0 saturated carbocycles. The summed E-state index contributed by atoms with van der Waals surface area (Å²) in [5.41, 5.74) is 2.46. The summed E-state index contributed by atoms with van der Waals surface area (Å²) in [6, 6.07) is 10.2. The van der Waals surface area contributed by atoms with Crippen molar-refractivity contribution in [2.24, 2.45) is 17.8 Å². The minimum atomic E-state index is -2.06. The van der Waals surface area contributed by atoms with Crippen LogP contribution in [0.2, 0.25) is 18.1 Å². The highest BCUT2D eigenvalue weighted by Gasteiger charge is 2.46. The lowest BCUT2D eigenvalue weighted by atomic mass is 9.81. The average Bonchev–Trinajstić information content (AvgIpc) is 2.79. The highest BCUT2D eigenvalue weighted by molar-refractivity contribution is 6.74. The van der Waals surface area contributed by atoms with Crippen LogP contribution in [0.25, 0.3) is 0 Å².